The lowest BCUT2D eigenvalue weighted by Crippen LogP contribution is -2.46. The molecule has 0 amide bonds. The van der Waals surface area contributed by atoms with Crippen molar-refractivity contribution in [2.24, 2.45) is 11.8 Å². The second-order valence-corrected chi connectivity index (χ2v) is 4.60. The topological polar surface area (TPSA) is 23.5 Å². The highest BCUT2D eigenvalue weighted by Gasteiger charge is 2.35. The molecule has 1 aliphatic carbocycles. The smallest absolute Gasteiger partial charge is 0.0572 e. The summed E-state index contributed by atoms with van der Waals surface area (Å²) in [7, 11) is 0. The van der Waals surface area contributed by atoms with Gasteiger partial charge in [0, 0.05) is 6.54 Å². The van der Waals surface area contributed by atoms with Gasteiger partial charge in [-0.1, -0.05) is 13.3 Å². The molecule has 2 nitrogen and oxygen atoms in total. The van der Waals surface area contributed by atoms with Crippen LogP contribution in [0.15, 0.2) is 0 Å². The third kappa shape index (κ3) is 1.89. The predicted molar refractivity (Wildman–Crippen MR) is 53.6 cm³/mol. The monoisotopic (exact) mass is 183 g/mol. The molecule has 76 valence electrons. The van der Waals surface area contributed by atoms with E-state index in [0.717, 1.165) is 12.3 Å². The fourth-order valence-electron chi connectivity index (χ4n) is 3.03. The molecule has 2 aliphatic rings. The van der Waals surface area contributed by atoms with E-state index in [9.17, 15) is 5.11 Å². The zero-order valence-corrected chi connectivity index (χ0v) is 8.58. The highest BCUT2D eigenvalue weighted by Crippen LogP contribution is 2.36. The van der Waals surface area contributed by atoms with Crippen LogP contribution in [0.1, 0.15) is 32.6 Å². The van der Waals surface area contributed by atoms with E-state index < -0.39 is 0 Å². The molecule has 2 rings (SSSR count). The van der Waals surface area contributed by atoms with Gasteiger partial charge in [0.05, 0.1) is 6.10 Å². The summed E-state index contributed by atoms with van der Waals surface area (Å²) < 4.78 is 0. The zero-order valence-electron chi connectivity index (χ0n) is 8.58. The minimum absolute atomic E-state index is 0.0118. The molecule has 0 aromatic rings. The van der Waals surface area contributed by atoms with Gasteiger partial charge in [-0.05, 0) is 44.2 Å². The molecule has 0 aromatic heterocycles. The van der Waals surface area contributed by atoms with Gasteiger partial charge >= 0.3 is 0 Å². The van der Waals surface area contributed by atoms with Gasteiger partial charge in [-0.15, -0.1) is 0 Å². The molecule has 0 spiro atoms. The molecule has 1 saturated heterocycles. The van der Waals surface area contributed by atoms with E-state index in [1.54, 1.807) is 0 Å². The molecule has 13 heavy (non-hydrogen) atoms. The van der Waals surface area contributed by atoms with Crippen molar-refractivity contribution >= 4 is 0 Å². The first-order chi connectivity index (χ1) is 6.31. The van der Waals surface area contributed by atoms with E-state index in [1.165, 1.54) is 38.9 Å². The van der Waals surface area contributed by atoms with E-state index in [1.807, 2.05) is 0 Å². The largest absolute Gasteiger partial charge is 0.393 e. The van der Waals surface area contributed by atoms with Gasteiger partial charge in [0.2, 0.25) is 0 Å². The van der Waals surface area contributed by atoms with Crippen molar-refractivity contribution in [1.82, 2.24) is 4.90 Å². The van der Waals surface area contributed by atoms with Crippen molar-refractivity contribution in [2.45, 2.75) is 38.7 Å². The van der Waals surface area contributed by atoms with Crippen molar-refractivity contribution in [3.8, 4) is 0 Å². The summed E-state index contributed by atoms with van der Waals surface area (Å²) in [6.45, 7) is 5.85. The lowest BCUT2D eigenvalue weighted by molar-refractivity contribution is -0.0135. The Morgan fingerprint density at radius 1 is 1.31 bits per heavy atom. The second-order valence-electron chi connectivity index (χ2n) is 4.60. The van der Waals surface area contributed by atoms with Crippen molar-refractivity contribution < 1.29 is 5.11 Å². The number of hydrogen-bond donors (Lipinski definition) is 1. The summed E-state index contributed by atoms with van der Waals surface area (Å²) in [6.07, 6.45) is 4.86. The molecule has 2 fully saturated rings. The van der Waals surface area contributed by atoms with Gasteiger partial charge in [0.1, 0.15) is 0 Å². The maximum Gasteiger partial charge on any atom is 0.0572 e. The fraction of sp³-hybridized carbons (Fsp3) is 1.00. The average molecular weight is 183 g/mol. The van der Waals surface area contributed by atoms with E-state index in [-0.39, 0.29) is 6.10 Å². The van der Waals surface area contributed by atoms with E-state index >= 15 is 0 Å². The van der Waals surface area contributed by atoms with Crippen LogP contribution in [-0.4, -0.2) is 35.7 Å². The first kappa shape index (κ1) is 9.47. The Hall–Kier alpha value is -0.0800. The van der Waals surface area contributed by atoms with Crippen LogP contribution in [0.25, 0.3) is 0 Å². The minimum Gasteiger partial charge on any atom is -0.393 e. The van der Waals surface area contributed by atoms with E-state index in [0.29, 0.717) is 5.92 Å². The van der Waals surface area contributed by atoms with Gasteiger partial charge in [-0.3, -0.25) is 0 Å². The van der Waals surface area contributed by atoms with Crippen molar-refractivity contribution in [3.63, 3.8) is 0 Å². The molecule has 0 bridgehead atoms. The first-order valence-electron chi connectivity index (χ1n) is 5.71. The number of fused-ring (bicyclic) bond motifs is 1. The van der Waals surface area contributed by atoms with Gasteiger partial charge in [0.15, 0.2) is 0 Å². The van der Waals surface area contributed by atoms with Gasteiger partial charge in [-0.25, -0.2) is 0 Å². The summed E-state index contributed by atoms with van der Waals surface area (Å²) >= 11 is 0. The first-order valence-corrected chi connectivity index (χ1v) is 5.71. The summed E-state index contributed by atoms with van der Waals surface area (Å²) in [4.78, 5) is 2.53. The number of piperidine rings is 1. The Kier molecular flexibility index (Phi) is 2.89. The standard InChI is InChI=1S/C11H21NO/c1-2-12-7-6-10-9(8-12)4-3-5-11(10)13/h9-11,13H,2-8H2,1H3. The van der Waals surface area contributed by atoms with Gasteiger partial charge in [0.25, 0.3) is 0 Å². The quantitative estimate of drug-likeness (QED) is 0.666. The van der Waals surface area contributed by atoms with Gasteiger partial charge in [-0.2, -0.15) is 0 Å². The number of hydrogen-bond acceptors (Lipinski definition) is 2. The molecule has 1 aliphatic heterocycles. The number of likely N-dealkylation sites (tertiary alicyclic amines) is 1. The highest BCUT2D eigenvalue weighted by atomic mass is 16.3. The predicted octanol–water partition coefficient (Wildman–Crippen LogP) is 1.49. The molecular weight excluding hydrogens is 162 g/mol. The molecule has 2 heteroatoms. The molecule has 1 N–H and O–H groups in total. The molecule has 1 heterocycles. The Labute approximate surface area is 80.9 Å². The van der Waals surface area contributed by atoms with E-state index in [2.05, 4.69) is 11.8 Å². The van der Waals surface area contributed by atoms with Crippen LogP contribution in [0.3, 0.4) is 0 Å². The maximum absolute atomic E-state index is 9.84. The lowest BCUT2D eigenvalue weighted by atomic mass is 9.73. The third-order valence-corrected chi connectivity index (χ3v) is 3.89. The third-order valence-electron chi connectivity index (χ3n) is 3.89. The Morgan fingerprint density at radius 3 is 2.92 bits per heavy atom. The van der Waals surface area contributed by atoms with Crippen molar-refractivity contribution in [3.05, 3.63) is 0 Å². The Morgan fingerprint density at radius 2 is 2.15 bits per heavy atom. The number of nitrogens with zero attached hydrogens (tertiary/aromatic N) is 1. The molecule has 1 saturated carbocycles. The summed E-state index contributed by atoms with van der Waals surface area (Å²) in [5.41, 5.74) is 0. The molecule has 3 atom stereocenters. The lowest BCUT2D eigenvalue weighted by Gasteiger charge is -2.43. The fourth-order valence-corrected chi connectivity index (χ4v) is 3.03. The summed E-state index contributed by atoms with van der Waals surface area (Å²) in [6, 6.07) is 0. The number of aliphatic hydroxyl groups excluding tert-OH is 1. The average Bonchev–Trinajstić information content (AvgIpc) is 2.18. The highest BCUT2D eigenvalue weighted by molar-refractivity contribution is 4.87. The normalized spacial score (nSPS) is 41.5. The maximum atomic E-state index is 9.84. The van der Waals surface area contributed by atoms with Crippen LogP contribution in [0.2, 0.25) is 0 Å². The molecule has 3 unspecified atom stereocenters. The van der Waals surface area contributed by atoms with E-state index in [4.69, 9.17) is 0 Å². The zero-order chi connectivity index (χ0) is 9.26. The van der Waals surface area contributed by atoms with Crippen LogP contribution in [0, 0.1) is 11.8 Å². The van der Waals surface area contributed by atoms with Crippen molar-refractivity contribution in [1.29, 1.82) is 0 Å². The second kappa shape index (κ2) is 3.97. The Balaban J connectivity index is 1.95. The van der Waals surface area contributed by atoms with Crippen LogP contribution in [-0.2, 0) is 0 Å². The van der Waals surface area contributed by atoms with Crippen LogP contribution >= 0.6 is 0 Å². The summed E-state index contributed by atoms with van der Waals surface area (Å²) in [5.74, 6) is 1.41. The Bertz CT molecular complexity index is 171. The number of aliphatic hydroxyl groups is 1. The molecule has 0 radical (unpaired) electrons. The SMILES string of the molecule is CCN1CCC2C(O)CCCC2C1. The summed E-state index contributed by atoms with van der Waals surface area (Å²) in [5, 5.41) is 9.84. The van der Waals surface area contributed by atoms with Gasteiger partial charge < -0.3 is 10.0 Å². The van der Waals surface area contributed by atoms with Crippen LogP contribution < -0.4 is 0 Å². The van der Waals surface area contributed by atoms with Crippen LogP contribution in [0.5, 0.6) is 0 Å². The molecule has 0 aromatic carbocycles. The van der Waals surface area contributed by atoms with Crippen LogP contribution in [0.4, 0.5) is 0 Å². The molecular formula is C11H21NO. The number of rotatable bonds is 1. The minimum atomic E-state index is 0.0118. The van der Waals surface area contributed by atoms with Crippen molar-refractivity contribution in [2.75, 3.05) is 19.6 Å².